The first-order chi connectivity index (χ1) is 6.22. The predicted octanol–water partition coefficient (Wildman–Crippen LogP) is -0.878. The maximum atomic E-state index is 10.8. The minimum atomic E-state index is -0.521. The van der Waals surface area contributed by atoms with E-state index in [1.165, 1.54) is 6.07 Å². The summed E-state index contributed by atoms with van der Waals surface area (Å²) in [5, 5.41) is 2.83. The number of rotatable bonds is 4. The molecule has 0 aliphatic rings. The summed E-state index contributed by atoms with van der Waals surface area (Å²) in [4.78, 5) is 26.1. The first kappa shape index (κ1) is 9.53. The molecule has 6 heteroatoms. The average molecular weight is 185 g/mol. The maximum Gasteiger partial charge on any atom is 0.327 e. The van der Waals surface area contributed by atoms with Gasteiger partial charge in [-0.15, -0.1) is 0 Å². The van der Waals surface area contributed by atoms with Crippen molar-refractivity contribution >= 4 is 5.82 Å². The molecule has 0 aromatic carbocycles. The van der Waals surface area contributed by atoms with Crippen LogP contribution in [0.15, 0.2) is 15.7 Å². The third-order valence-corrected chi connectivity index (χ3v) is 1.38. The number of methoxy groups -OCH3 is 1. The molecule has 3 N–H and O–H groups in total. The summed E-state index contributed by atoms with van der Waals surface area (Å²) >= 11 is 0. The number of anilines is 1. The average Bonchev–Trinajstić information content (AvgIpc) is 2.03. The first-order valence-electron chi connectivity index (χ1n) is 3.79. The lowest BCUT2D eigenvalue weighted by molar-refractivity contribution is 0.210. The van der Waals surface area contributed by atoms with Crippen LogP contribution in [-0.2, 0) is 4.74 Å². The van der Waals surface area contributed by atoms with Gasteiger partial charge in [-0.25, -0.2) is 4.79 Å². The molecule has 0 atom stereocenters. The molecule has 0 saturated carbocycles. The molecule has 0 saturated heterocycles. The van der Waals surface area contributed by atoms with Crippen LogP contribution in [0.2, 0.25) is 0 Å². The number of nitrogens with one attached hydrogen (secondary N) is 3. The normalized spacial score (nSPS) is 9.92. The summed E-state index contributed by atoms with van der Waals surface area (Å²) in [7, 11) is 1.57. The van der Waals surface area contributed by atoms with Gasteiger partial charge in [-0.2, -0.15) is 0 Å². The monoisotopic (exact) mass is 185 g/mol. The Kier molecular flexibility index (Phi) is 3.27. The van der Waals surface area contributed by atoms with E-state index in [2.05, 4.69) is 15.3 Å². The van der Waals surface area contributed by atoms with E-state index in [-0.39, 0.29) is 0 Å². The molecule has 0 bridgehead atoms. The van der Waals surface area contributed by atoms with Crippen molar-refractivity contribution in [2.45, 2.75) is 0 Å². The van der Waals surface area contributed by atoms with Crippen molar-refractivity contribution in [2.24, 2.45) is 0 Å². The third-order valence-electron chi connectivity index (χ3n) is 1.38. The van der Waals surface area contributed by atoms with Gasteiger partial charge in [-0.3, -0.25) is 14.8 Å². The fourth-order valence-electron chi connectivity index (χ4n) is 0.852. The molecule has 0 aliphatic carbocycles. The summed E-state index contributed by atoms with van der Waals surface area (Å²) in [6, 6.07) is 1.27. The summed E-state index contributed by atoms with van der Waals surface area (Å²) in [5.74, 6) is 0.394. The Balaban J connectivity index is 2.67. The van der Waals surface area contributed by atoms with E-state index >= 15 is 0 Å². The molecule has 1 heterocycles. The van der Waals surface area contributed by atoms with Crippen LogP contribution in [0.3, 0.4) is 0 Å². The van der Waals surface area contributed by atoms with E-state index in [0.717, 1.165) is 0 Å². The third kappa shape index (κ3) is 3.12. The molecule has 0 spiro atoms. The fourth-order valence-corrected chi connectivity index (χ4v) is 0.852. The van der Waals surface area contributed by atoms with Gasteiger partial charge in [0.25, 0.3) is 5.56 Å². The topological polar surface area (TPSA) is 87.0 Å². The highest BCUT2D eigenvalue weighted by molar-refractivity contribution is 5.31. The van der Waals surface area contributed by atoms with Crippen molar-refractivity contribution in [1.29, 1.82) is 0 Å². The fraction of sp³-hybridized carbons (Fsp3) is 0.429. The molecule has 1 rings (SSSR count). The van der Waals surface area contributed by atoms with E-state index in [1.54, 1.807) is 7.11 Å². The molecular formula is C7H11N3O3. The highest BCUT2D eigenvalue weighted by Gasteiger charge is 1.94. The number of aromatic amines is 2. The molecule has 0 amide bonds. The molecule has 0 unspecified atom stereocenters. The standard InChI is InChI=1S/C7H11N3O3/c1-13-3-2-8-5-4-6(11)10-7(12)9-5/h4H,2-3H2,1H3,(H3,8,9,10,11,12). The van der Waals surface area contributed by atoms with Gasteiger partial charge in [-0.05, 0) is 0 Å². The molecule has 0 fully saturated rings. The van der Waals surface area contributed by atoms with Crippen LogP contribution < -0.4 is 16.6 Å². The molecule has 6 nitrogen and oxygen atoms in total. The lowest BCUT2D eigenvalue weighted by Crippen LogP contribution is -2.23. The molecule has 1 aromatic heterocycles. The Hall–Kier alpha value is -1.56. The highest BCUT2D eigenvalue weighted by Crippen LogP contribution is 1.90. The molecule has 0 radical (unpaired) electrons. The molecule has 0 aliphatic heterocycles. The predicted molar refractivity (Wildman–Crippen MR) is 48.0 cm³/mol. The lowest BCUT2D eigenvalue weighted by atomic mass is 10.5. The zero-order valence-corrected chi connectivity index (χ0v) is 7.22. The zero-order valence-electron chi connectivity index (χ0n) is 7.22. The van der Waals surface area contributed by atoms with Crippen LogP contribution in [0.5, 0.6) is 0 Å². The van der Waals surface area contributed by atoms with Crippen LogP contribution >= 0.6 is 0 Å². The van der Waals surface area contributed by atoms with E-state index in [0.29, 0.717) is 19.0 Å². The van der Waals surface area contributed by atoms with Gasteiger partial charge < -0.3 is 10.1 Å². The summed E-state index contributed by atoms with van der Waals surface area (Å²) < 4.78 is 4.78. The zero-order chi connectivity index (χ0) is 9.68. The highest BCUT2D eigenvalue weighted by atomic mass is 16.5. The van der Waals surface area contributed by atoms with Crippen molar-refractivity contribution in [3.05, 3.63) is 26.9 Å². The minimum Gasteiger partial charge on any atom is -0.383 e. The van der Waals surface area contributed by atoms with Gasteiger partial charge in [0.2, 0.25) is 0 Å². The minimum absolute atomic E-state index is 0.394. The lowest BCUT2D eigenvalue weighted by Gasteiger charge is -2.03. The summed E-state index contributed by atoms with van der Waals surface area (Å²) in [6.07, 6.45) is 0. The smallest absolute Gasteiger partial charge is 0.327 e. The van der Waals surface area contributed by atoms with Crippen molar-refractivity contribution < 1.29 is 4.74 Å². The van der Waals surface area contributed by atoms with Gasteiger partial charge in [0.05, 0.1) is 6.61 Å². The largest absolute Gasteiger partial charge is 0.383 e. The SMILES string of the molecule is COCCNc1cc(=O)[nH]c(=O)[nH]1. The van der Waals surface area contributed by atoms with Gasteiger partial charge in [0.1, 0.15) is 5.82 Å². The molecule has 1 aromatic rings. The van der Waals surface area contributed by atoms with E-state index in [1.807, 2.05) is 0 Å². The number of H-pyrrole nitrogens is 2. The number of hydrogen-bond donors (Lipinski definition) is 3. The van der Waals surface area contributed by atoms with Crippen molar-refractivity contribution in [3.8, 4) is 0 Å². The van der Waals surface area contributed by atoms with E-state index in [9.17, 15) is 9.59 Å². The number of ether oxygens (including phenoxy) is 1. The second-order valence-corrected chi connectivity index (χ2v) is 2.42. The van der Waals surface area contributed by atoms with Gasteiger partial charge in [0.15, 0.2) is 0 Å². The van der Waals surface area contributed by atoms with Crippen molar-refractivity contribution in [2.75, 3.05) is 25.6 Å². The Morgan fingerprint density at radius 2 is 2.23 bits per heavy atom. The van der Waals surface area contributed by atoms with E-state index < -0.39 is 11.2 Å². The van der Waals surface area contributed by atoms with Crippen LogP contribution in [0, 0.1) is 0 Å². The van der Waals surface area contributed by atoms with Crippen LogP contribution in [0.1, 0.15) is 0 Å². The second-order valence-electron chi connectivity index (χ2n) is 2.42. The maximum absolute atomic E-state index is 10.8. The molecule has 13 heavy (non-hydrogen) atoms. The summed E-state index contributed by atoms with van der Waals surface area (Å²) in [6.45, 7) is 1.05. The van der Waals surface area contributed by atoms with Crippen LogP contribution in [0.25, 0.3) is 0 Å². The molecule has 72 valence electrons. The van der Waals surface area contributed by atoms with Gasteiger partial charge >= 0.3 is 5.69 Å². The number of aromatic nitrogens is 2. The van der Waals surface area contributed by atoms with Gasteiger partial charge in [-0.1, -0.05) is 0 Å². The van der Waals surface area contributed by atoms with Crippen molar-refractivity contribution in [1.82, 2.24) is 9.97 Å². The summed E-state index contributed by atoms with van der Waals surface area (Å²) in [5.41, 5.74) is -0.948. The second kappa shape index (κ2) is 4.46. The number of hydrogen-bond acceptors (Lipinski definition) is 4. The first-order valence-corrected chi connectivity index (χ1v) is 3.79. The van der Waals surface area contributed by atoms with Crippen LogP contribution in [-0.4, -0.2) is 30.2 Å². The Bertz CT molecular complexity index is 339. The Labute approximate surface area is 74.0 Å². The van der Waals surface area contributed by atoms with Crippen LogP contribution in [0.4, 0.5) is 5.82 Å². The van der Waals surface area contributed by atoms with E-state index in [4.69, 9.17) is 4.74 Å². The molecular weight excluding hydrogens is 174 g/mol. The van der Waals surface area contributed by atoms with Gasteiger partial charge in [0, 0.05) is 19.7 Å². The van der Waals surface area contributed by atoms with Crippen molar-refractivity contribution in [3.63, 3.8) is 0 Å². The quantitative estimate of drug-likeness (QED) is 0.532. The Morgan fingerprint density at radius 1 is 1.46 bits per heavy atom. The Morgan fingerprint density at radius 3 is 2.85 bits per heavy atom.